The van der Waals surface area contributed by atoms with E-state index in [1.165, 1.54) is 27.1 Å². The predicted molar refractivity (Wildman–Crippen MR) is 97.0 cm³/mol. The van der Waals surface area contributed by atoms with Crippen LogP contribution in [0.2, 0.25) is 0 Å². The molecule has 1 aliphatic carbocycles. The molecule has 2 aromatic carbocycles. The van der Waals surface area contributed by atoms with Crippen LogP contribution in [0.1, 0.15) is 23.1 Å². The fourth-order valence-electron chi connectivity index (χ4n) is 4.05. The minimum atomic E-state index is -0.893. The lowest BCUT2D eigenvalue weighted by Gasteiger charge is -2.21. The number of imide groups is 1. The molecule has 0 radical (unpaired) electrons. The van der Waals surface area contributed by atoms with Crippen LogP contribution < -0.4 is 9.91 Å². The Labute approximate surface area is 155 Å². The first-order valence-electron chi connectivity index (χ1n) is 9.00. The second-order valence-corrected chi connectivity index (χ2v) is 7.19. The second-order valence-electron chi connectivity index (χ2n) is 7.19. The standard InChI is InChI=1S/C20H17FN4O2/c1-11-5-7-15(10-16(11)21)25-18-17(22-23-25)19(26)24(20(18)27)14-8-6-12-3-2-4-13(12)9-14/h5-10,17-18H,2-4H2,1H3/t17-,18-/m0/s1. The van der Waals surface area contributed by atoms with Crippen molar-refractivity contribution in [2.75, 3.05) is 9.91 Å². The molecule has 136 valence electrons. The fourth-order valence-corrected chi connectivity index (χ4v) is 4.05. The van der Waals surface area contributed by atoms with E-state index in [4.69, 9.17) is 0 Å². The summed E-state index contributed by atoms with van der Waals surface area (Å²) in [5.74, 6) is -1.16. The molecule has 2 aliphatic heterocycles. The lowest BCUT2D eigenvalue weighted by atomic mass is 10.1. The van der Waals surface area contributed by atoms with E-state index >= 15 is 0 Å². The number of fused-ring (bicyclic) bond motifs is 2. The Balaban J connectivity index is 1.50. The number of benzene rings is 2. The average Bonchev–Trinajstić information content (AvgIpc) is 3.34. The number of carbonyl (C=O) groups excluding carboxylic acids is 2. The summed E-state index contributed by atoms with van der Waals surface area (Å²) in [7, 11) is 0. The molecule has 5 rings (SSSR count). The van der Waals surface area contributed by atoms with E-state index in [0.717, 1.165) is 19.3 Å². The van der Waals surface area contributed by atoms with Crippen LogP contribution >= 0.6 is 0 Å². The van der Waals surface area contributed by atoms with E-state index in [0.29, 0.717) is 16.9 Å². The van der Waals surface area contributed by atoms with Crippen molar-refractivity contribution in [3.8, 4) is 0 Å². The van der Waals surface area contributed by atoms with E-state index in [9.17, 15) is 14.0 Å². The summed E-state index contributed by atoms with van der Waals surface area (Å²) < 4.78 is 14.0. The molecular formula is C20H17FN4O2. The number of rotatable bonds is 2. The highest BCUT2D eigenvalue weighted by Crippen LogP contribution is 2.36. The van der Waals surface area contributed by atoms with Crippen LogP contribution in [-0.4, -0.2) is 23.9 Å². The summed E-state index contributed by atoms with van der Waals surface area (Å²) in [5, 5.41) is 9.32. The zero-order chi connectivity index (χ0) is 18.7. The molecule has 1 saturated heterocycles. The predicted octanol–water partition coefficient (Wildman–Crippen LogP) is 3.12. The molecule has 3 aliphatic rings. The zero-order valence-corrected chi connectivity index (χ0v) is 14.7. The Morgan fingerprint density at radius 2 is 1.78 bits per heavy atom. The van der Waals surface area contributed by atoms with Gasteiger partial charge < -0.3 is 0 Å². The average molecular weight is 364 g/mol. The summed E-state index contributed by atoms with van der Waals surface area (Å²) in [6.07, 6.45) is 3.08. The van der Waals surface area contributed by atoms with Crippen molar-refractivity contribution in [3.63, 3.8) is 0 Å². The van der Waals surface area contributed by atoms with Gasteiger partial charge in [-0.15, -0.1) is 0 Å². The molecule has 0 N–H and O–H groups in total. The zero-order valence-electron chi connectivity index (χ0n) is 14.7. The molecule has 0 aromatic heterocycles. The number of hydrogen-bond acceptors (Lipinski definition) is 5. The first kappa shape index (κ1) is 16.1. The van der Waals surface area contributed by atoms with Gasteiger partial charge in [-0.05, 0) is 67.1 Å². The monoisotopic (exact) mass is 364 g/mol. The number of nitrogens with zero attached hydrogens (tertiary/aromatic N) is 4. The van der Waals surface area contributed by atoms with Gasteiger partial charge in [-0.25, -0.2) is 14.3 Å². The van der Waals surface area contributed by atoms with Gasteiger partial charge in [-0.2, -0.15) is 5.11 Å². The molecular weight excluding hydrogens is 347 g/mol. The maximum Gasteiger partial charge on any atom is 0.263 e. The number of amides is 2. The van der Waals surface area contributed by atoms with Gasteiger partial charge in [-0.1, -0.05) is 17.4 Å². The first-order chi connectivity index (χ1) is 13.0. The summed E-state index contributed by atoms with van der Waals surface area (Å²) >= 11 is 0. The second kappa shape index (κ2) is 5.70. The van der Waals surface area contributed by atoms with Crippen LogP contribution in [0.3, 0.4) is 0 Å². The number of aryl methyl sites for hydroxylation is 3. The SMILES string of the molecule is Cc1ccc(N2N=N[C@@H]3C(=O)N(c4ccc5c(c4)CCC5)C(=O)[C@H]32)cc1F. The molecule has 7 heteroatoms. The first-order valence-corrected chi connectivity index (χ1v) is 9.00. The quantitative estimate of drug-likeness (QED) is 0.769. The highest BCUT2D eigenvalue weighted by atomic mass is 19.1. The third-order valence-electron chi connectivity index (χ3n) is 5.54. The Bertz CT molecular complexity index is 1020. The highest BCUT2D eigenvalue weighted by molar-refractivity contribution is 6.26. The van der Waals surface area contributed by atoms with E-state index in [1.807, 2.05) is 18.2 Å². The molecule has 1 fully saturated rings. The van der Waals surface area contributed by atoms with Crippen LogP contribution in [0.25, 0.3) is 0 Å². The van der Waals surface area contributed by atoms with Gasteiger partial charge in [0.1, 0.15) is 5.82 Å². The molecule has 2 amide bonds. The fraction of sp³-hybridized carbons (Fsp3) is 0.300. The van der Waals surface area contributed by atoms with Crippen molar-refractivity contribution in [3.05, 3.63) is 58.9 Å². The maximum absolute atomic E-state index is 14.0. The molecule has 0 saturated carbocycles. The van der Waals surface area contributed by atoms with Gasteiger partial charge in [0.2, 0.25) is 0 Å². The molecule has 27 heavy (non-hydrogen) atoms. The Kier molecular flexibility index (Phi) is 3.40. The number of carbonyl (C=O) groups is 2. The summed E-state index contributed by atoms with van der Waals surface area (Å²) in [6, 6.07) is 8.57. The van der Waals surface area contributed by atoms with Gasteiger partial charge in [0, 0.05) is 0 Å². The largest absolute Gasteiger partial charge is 0.271 e. The number of halogens is 1. The van der Waals surface area contributed by atoms with Gasteiger partial charge in [0.05, 0.1) is 11.4 Å². The van der Waals surface area contributed by atoms with Gasteiger partial charge in [-0.3, -0.25) is 9.59 Å². The molecule has 2 aromatic rings. The van der Waals surface area contributed by atoms with Crippen molar-refractivity contribution in [2.45, 2.75) is 38.3 Å². The molecule has 2 atom stereocenters. The molecule has 0 bridgehead atoms. The molecule has 2 heterocycles. The summed E-state index contributed by atoms with van der Waals surface area (Å²) in [4.78, 5) is 27.1. The molecule has 6 nitrogen and oxygen atoms in total. The van der Waals surface area contributed by atoms with Crippen LogP contribution in [0.15, 0.2) is 46.7 Å². The van der Waals surface area contributed by atoms with Crippen molar-refractivity contribution < 1.29 is 14.0 Å². The third-order valence-corrected chi connectivity index (χ3v) is 5.54. The van der Waals surface area contributed by atoms with Crippen LogP contribution in [-0.2, 0) is 22.4 Å². The van der Waals surface area contributed by atoms with Gasteiger partial charge >= 0.3 is 0 Å². The van der Waals surface area contributed by atoms with Crippen LogP contribution in [0, 0.1) is 12.7 Å². The Morgan fingerprint density at radius 3 is 2.59 bits per heavy atom. The van der Waals surface area contributed by atoms with Crippen LogP contribution in [0.4, 0.5) is 15.8 Å². The number of hydrogen-bond donors (Lipinski definition) is 0. The number of anilines is 2. The van der Waals surface area contributed by atoms with E-state index < -0.39 is 17.9 Å². The minimum Gasteiger partial charge on any atom is -0.271 e. The van der Waals surface area contributed by atoms with Crippen molar-refractivity contribution >= 4 is 23.2 Å². The van der Waals surface area contributed by atoms with Crippen molar-refractivity contribution in [1.29, 1.82) is 0 Å². The Morgan fingerprint density at radius 1 is 1.00 bits per heavy atom. The van der Waals surface area contributed by atoms with Crippen molar-refractivity contribution in [1.82, 2.24) is 0 Å². The smallest absolute Gasteiger partial charge is 0.263 e. The third kappa shape index (κ3) is 2.31. The lowest BCUT2D eigenvalue weighted by molar-refractivity contribution is -0.121. The van der Waals surface area contributed by atoms with Gasteiger partial charge in [0.25, 0.3) is 11.8 Å². The molecule has 0 unspecified atom stereocenters. The summed E-state index contributed by atoms with van der Waals surface area (Å²) in [6.45, 7) is 1.66. The van der Waals surface area contributed by atoms with Crippen LogP contribution in [0.5, 0.6) is 0 Å². The maximum atomic E-state index is 14.0. The van der Waals surface area contributed by atoms with Crippen molar-refractivity contribution in [2.24, 2.45) is 10.3 Å². The highest BCUT2D eigenvalue weighted by Gasteiger charge is 2.55. The van der Waals surface area contributed by atoms with E-state index in [-0.39, 0.29) is 11.8 Å². The lowest BCUT2D eigenvalue weighted by Crippen LogP contribution is -2.40. The molecule has 0 spiro atoms. The minimum absolute atomic E-state index is 0.381. The summed E-state index contributed by atoms with van der Waals surface area (Å²) in [5.41, 5.74) is 3.94. The van der Waals surface area contributed by atoms with E-state index in [2.05, 4.69) is 10.3 Å². The Hall–Kier alpha value is -3.09. The van der Waals surface area contributed by atoms with E-state index in [1.54, 1.807) is 19.1 Å². The normalized spacial score (nSPS) is 23.3. The topological polar surface area (TPSA) is 65.3 Å². The van der Waals surface area contributed by atoms with Gasteiger partial charge in [0.15, 0.2) is 12.1 Å².